The topological polar surface area (TPSA) is 88.8 Å². The molecule has 2 aromatic heterocycles. The number of nitrogens with zero attached hydrogens (tertiary/aromatic N) is 2. The van der Waals surface area contributed by atoms with Gasteiger partial charge in [0.25, 0.3) is 0 Å². The third-order valence-corrected chi connectivity index (χ3v) is 6.22. The van der Waals surface area contributed by atoms with Crippen LogP contribution in [0.4, 0.5) is 0 Å². The normalized spacial score (nSPS) is 28.7. The highest BCUT2D eigenvalue weighted by Crippen LogP contribution is 2.38. The second-order valence-corrected chi connectivity index (χ2v) is 8.32. The lowest BCUT2D eigenvalue weighted by molar-refractivity contribution is -0.0166. The number of aliphatic hydroxyl groups is 2. The number of aromatic nitrogens is 2. The highest BCUT2D eigenvalue weighted by atomic mass is 16.5. The maximum Gasteiger partial charge on any atom is 0.140 e. The van der Waals surface area contributed by atoms with E-state index in [0.717, 1.165) is 34.5 Å². The molecule has 5 rings (SSSR count). The van der Waals surface area contributed by atoms with Gasteiger partial charge in [-0.25, -0.2) is 4.98 Å². The number of hydrogen-bond acceptors (Lipinski definition) is 6. The van der Waals surface area contributed by atoms with Gasteiger partial charge in [-0.2, -0.15) is 0 Å². The Kier molecular flexibility index (Phi) is 4.89. The SMILES string of the molecule is Cc1ccnc2c1ccn2[C@@H]1C[C@H](Oc2cccc3c2CNC[C@@H](C)O3)[C@@H](O)[C@H]1O. The molecule has 30 heavy (non-hydrogen) atoms. The number of fused-ring (bicyclic) bond motifs is 2. The highest BCUT2D eigenvalue weighted by molar-refractivity contribution is 5.79. The second-order valence-electron chi connectivity index (χ2n) is 8.32. The molecule has 5 atom stereocenters. The van der Waals surface area contributed by atoms with E-state index in [1.807, 2.05) is 54.9 Å². The number of benzene rings is 1. The molecular formula is C23H27N3O4. The van der Waals surface area contributed by atoms with Crippen LogP contribution in [-0.2, 0) is 6.54 Å². The van der Waals surface area contributed by atoms with E-state index in [2.05, 4.69) is 10.3 Å². The van der Waals surface area contributed by atoms with Gasteiger partial charge < -0.3 is 29.6 Å². The summed E-state index contributed by atoms with van der Waals surface area (Å²) in [4.78, 5) is 4.49. The predicted molar refractivity (Wildman–Crippen MR) is 113 cm³/mol. The van der Waals surface area contributed by atoms with Crippen LogP contribution in [0.25, 0.3) is 11.0 Å². The van der Waals surface area contributed by atoms with Crippen LogP contribution in [0.3, 0.4) is 0 Å². The van der Waals surface area contributed by atoms with Crippen LogP contribution in [0.2, 0.25) is 0 Å². The van der Waals surface area contributed by atoms with E-state index in [4.69, 9.17) is 9.47 Å². The smallest absolute Gasteiger partial charge is 0.140 e. The highest BCUT2D eigenvalue weighted by Gasteiger charge is 2.44. The van der Waals surface area contributed by atoms with E-state index in [1.165, 1.54) is 0 Å². The van der Waals surface area contributed by atoms with Gasteiger partial charge in [-0.3, -0.25) is 0 Å². The molecule has 0 bridgehead atoms. The quantitative estimate of drug-likeness (QED) is 0.615. The number of nitrogens with one attached hydrogen (secondary N) is 1. The zero-order chi connectivity index (χ0) is 20.8. The number of aryl methyl sites for hydroxylation is 1. The molecule has 0 spiro atoms. The van der Waals surface area contributed by atoms with E-state index in [1.54, 1.807) is 6.20 Å². The van der Waals surface area contributed by atoms with E-state index in [9.17, 15) is 10.2 Å². The Labute approximate surface area is 175 Å². The Balaban J connectivity index is 1.42. The molecule has 0 saturated heterocycles. The molecule has 2 aliphatic rings. The van der Waals surface area contributed by atoms with Crippen molar-refractivity contribution in [2.75, 3.05) is 6.54 Å². The van der Waals surface area contributed by atoms with Crippen LogP contribution in [0.1, 0.15) is 30.5 Å². The molecule has 3 heterocycles. The fraction of sp³-hybridized carbons (Fsp3) is 0.435. The number of rotatable bonds is 3. The summed E-state index contributed by atoms with van der Waals surface area (Å²) >= 11 is 0. The number of aliphatic hydroxyl groups excluding tert-OH is 2. The molecule has 0 unspecified atom stereocenters. The van der Waals surface area contributed by atoms with Crippen LogP contribution in [0, 0.1) is 6.92 Å². The summed E-state index contributed by atoms with van der Waals surface area (Å²) in [7, 11) is 0. The first kappa shape index (κ1) is 19.4. The Morgan fingerprint density at radius 2 is 2.07 bits per heavy atom. The van der Waals surface area contributed by atoms with E-state index >= 15 is 0 Å². The van der Waals surface area contributed by atoms with E-state index in [-0.39, 0.29) is 12.1 Å². The molecule has 1 saturated carbocycles. The predicted octanol–water partition coefficient (Wildman–Crippen LogP) is 2.33. The van der Waals surface area contributed by atoms with Crippen molar-refractivity contribution in [2.45, 2.75) is 57.3 Å². The van der Waals surface area contributed by atoms with Gasteiger partial charge in [-0.1, -0.05) is 6.07 Å². The van der Waals surface area contributed by atoms with Gasteiger partial charge in [-0.05, 0) is 43.7 Å². The summed E-state index contributed by atoms with van der Waals surface area (Å²) in [6.07, 6.45) is 1.79. The van der Waals surface area contributed by atoms with Gasteiger partial charge in [0.05, 0.1) is 6.04 Å². The summed E-state index contributed by atoms with van der Waals surface area (Å²) in [5.74, 6) is 1.47. The van der Waals surface area contributed by atoms with Crippen molar-refractivity contribution >= 4 is 11.0 Å². The van der Waals surface area contributed by atoms with Crippen LogP contribution >= 0.6 is 0 Å². The minimum atomic E-state index is -0.994. The summed E-state index contributed by atoms with van der Waals surface area (Å²) in [6, 6.07) is 9.39. The van der Waals surface area contributed by atoms with Crippen LogP contribution in [0.15, 0.2) is 42.7 Å². The molecule has 1 aromatic carbocycles. The average molecular weight is 409 g/mol. The van der Waals surface area contributed by atoms with Crippen LogP contribution in [0.5, 0.6) is 11.5 Å². The Morgan fingerprint density at radius 3 is 2.93 bits per heavy atom. The molecule has 1 aliphatic heterocycles. The number of hydrogen-bond donors (Lipinski definition) is 3. The standard InChI is InChI=1S/C23H27N3O4/c1-13-6-8-25-23-15(13)7-9-26(23)17-10-20(22(28)21(17)27)30-19-5-3-4-18-16(19)12-24-11-14(2)29-18/h3-9,14,17,20-22,24,27-28H,10-12H2,1-2H3/t14-,17-,20+,21+,22-/m1/s1. The van der Waals surface area contributed by atoms with Crippen molar-refractivity contribution in [1.29, 1.82) is 0 Å². The molecule has 7 nitrogen and oxygen atoms in total. The molecule has 7 heteroatoms. The van der Waals surface area contributed by atoms with E-state index < -0.39 is 18.3 Å². The van der Waals surface area contributed by atoms with E-state index in [0.29, 0.717) is 18.7 Å². The lowest BCUT2D eigenvalue weighted by atomic mass is 10.1. The molecule has 0 radical (unpaired) electrons. The summed E-state index contributed by atoms with van der Waals surface area (Å²) in [5.41, 5.74) is 2.89. The molecule has 0 amide bonds. The summed E-state index contributed by atoms with van der Waals surface area (Å²) < 4.78 is 14.2. The Bertz CT molecular complexity index is 1070. The van der Waals surface area contributed by atoms with Crippen molar-refractivity contribution in [2.24, 2.45) is 0 Å². The van der Waals surface area contributed by atoms with Crippen molar-refractivity contribution < 1.29 is 19.7 Å². The van der Waals surface area contributed by atoms with Gasteiger partial charge in [0, 0.05) is 42.9 Å². The molecular weight excluding hydrogens is 382 g/mol. The van der Waals surface area contributed by atoms with Crippen LogP contribution < -0.4 is 14.8 Å². The maximum absolute atomic E-state index is 10.8. The van der Waals surface area contributed by atoms with Gasteiger partial charge in [0.2, 0.25) is 0 Å². The molecule has 1 aliphatic carbocycles. The lowest BCUT2D eigenvalue weighted by Gasteiger charge is -2.21. The molecule has 1 fully saturated rings. The minimum Gasteiger partial charge on any atom is -0.489 e. The Hall–Kier alpha value is -2.61. The van der Waals surface area contributed by atoms with Gasteiger partial charge in [0.15, 0.2) is 0 Å². The fourth-order valence-electron chi connectivity index (χ4n) is 4.58. The molecule has 158 valence electrons. The first-order chi connectivity index (χ1) is 14.5. The van der Waals surface area contributed by atoms with Crippen molar-refractivity contribution in [1.82, 2.24) is 14.9 Å². The second kappa shape index (κ2) is 7.58. The van der Waals surface area contributed by atoms with Crippen molar-refractivity contribution in [3.05, 3.63) is 53.9 Å². The zero-order valence-electron chi connectivity index (χ0n) is 17.2. The van der Waals surface area contributed by atoms with Crippen molar-refractivity contribution in [3.63, 3.8) is 0 Å². The van der Waals surface area contributed by atoms with Crippen molar-refractivity contribution in [3.8, 4) is 11.5 Å². The van der Waals surface area contributed by atoms with Gasteiger partial charge in [0.1, 0.15) is 41.6 Å². The third-order valence-electron chi connectivity index (χ3n) is 6.22. The Morgan fingerprint density at radius 1 is 1.20 bits per heavy atom. The average Bonchev–Trinajstić information content (AvgIpc) is 3.20. The van der Waals surface area contributed by atoms with Gasteiger partial charge >= 0.3 is 0 Å². The lowest BCUT2D eigenvalue weighted by Crippen LogP contribution is -2.34. The first-order valence-corrected chi connectivity index (χ1v) is 10.5. The maximum atomic E-state index is 10.8. The zero-order valence-corrected chi connectivity index (χ0v) is 17.2. The number of pyridine rings is 1. The monoisotopic (exact) mass is 409 g/mol. The third kappa shape index (κ3) is 3.23. The molecule has 3 N–H and O–H groups in total. The summed E-state index contributed by atoms with van der Waals surface area (Å²) in [5, 5.41) is 26.0. The largest absolute Gasteiger partial charge is 0.489 e. The fourth-order valence-corrected chi connectivity index (χ4v) is 4.58. The first-order valence-electron chi connectivity index (χ1n) is 10.5. The summed E-state index contributed by atoms with van der Waals surface area (Å²) in [6.45, 7) is 5.46. The van der Waals surface area contributed by atoms with Crippen LogP contribution in [-0.4, -0.2) is 50.7 Å². The molecule has 3 aromatic rings. The number of ether oxygens (including phenoxy) is 2. The minimum absolute atomic E-state index is 0.0720. The van der Waals surface area contributed by atoms with Gasteiger partial charge in [-0.15, -0.1) is 0 Å².